The molecule has 0 saturated heterocycles. The lowest BCUT2D eigenvalue weighted by Crippen LogP contribution is -1.87. The molecule has 0 N–H and O–H groups in total. The highest BCUT2D eigenvalue weighted by Gasteiger charge is 2.14. The maximum atomic E-state index is 6.35. The first-order chi connectivity index (χ1) is 25.2. The van der Waals surface area contributed by atoms with E-state index in [1.165, 1.54) is 87.2 Å². The number of fused-ring (bicyclic) bond motifs is 10. The Bertz CT molecular complexity index is 3190. The van der Waals surface area contributed by atoms with Gasteiger partial charge < -0.3 is 4.42 Å². The van der Waals surface area contributed by atoms with Gasteiger partial charge >= 0.3 is 0 Å². The highest BCUT2D eigenvalue weighted by atomic mass is 16.3. The Morgan fingerprint density at radius 2 is 0.765 bits per heavy atom. The van der Waals surface area contributed by atoms with Crippen LogP contribution in [-0.4, -0.2) is 0 Å². The van der Waals surface area contributed by atoms with E-state index in [9.17, 15) is 0 Å². The maximum Gasteiger partial charge on any atom is 0.135 e. The van der Waals surface area contributed by atoms with Crippen molar-refractivity contribution in [2.45, 2.75) is 0 Å². The van der Waals surface area contributed by atoms with Gasteiger partial charge in [-0.05, 0) is 130 Å². The van der Waals surface area contributed by atoms with E-state index in [1.54, 1.807) is 0 Å². The molecular formula is C50H30O. The zero-order valence-corrected chi connectivity index (χ0v) is 27.7. The van der Waals surface area contributed by atoms with Crippen molar-refractivity contribution >= 4 is 75.8 Å². The van der Waals surface area contributed by atoms with Crippen LogP contribution in [0.3, 0.4) is 0 Å². The third-order valence-electron chi connectivity index (χ3n) is 10.8. The molecule has 1 nitrogen and oxygen atoms in total. The van der Waals surface area contributed by atoms with Gasteiger partial charge in [-0.2, -0.15) is 0 Å². The predicted molar refractivity (Wildman–Crippen MR) is 218 cm³/mol. The molecule has 51 heavy (non-hydrogen) atoms. The van der Waals surface area contributed by atoms with E-state index >= 15 is 0 Å². The van der Waals surface area contributed by atoms with Crippen molar-refractivity contribution in [3.63, 3.8) is 0 Å². The zero-order chi connectivity index (χ0) is 33.5. The largest absolute Gasteiger partial charge is 0.456 e. The topological polar surface area (TPSA) is 13.1 Å². The van der Waals surface area contributed by atoms with E-state index in [0.29, 0.717) is 0 Å². The lowest BCUT2D eigenvalue weighted by Gasteiger charge is -2.14. The van der Waals surface area contributed by atoms with Crippen LogP contribution in [0, 0.1) is 0 Å². The van der Waals surface area contributed by atoms with Crippen molar-refractivity contribution in [2.24, 2.45) is 0 Å². The fraction of sp³-hybridized carbons (Fsp3) is 0. The number of benzene rings is 10. The molecule has 0 unspecified atom stereocenters. The van der Waals surface area contributed by atoms with Crippen molar-refractivity contribution in [2.75, 3.05) is 0 Å². The smallest absolute Gasteiger partial charge is 0.135 e. The number of hydrogen-bond donors (Lipinski definition) is 0. The molecule has 11 aromatic rings. The Hall–Kier alpha value is -6.70. The molecule has 0 fully saturated rings. The Kier molecular flexibility index (Phi) is 6.02. The van der Waals surface area contributed by atoms with E-state index in [0.717, 1.165) is 21.9 Å². The molecule has 0 bridgehead atoms. The first kappa shape index (κ1) is 28.2. The minimum Gasteiger partial charge on any atom is -0.456 e. The van der Waals surface area contributed by atoms with Gasteiger partial charge in [0, 0.05) is 10.8 Å². The van der Waals surface area contributed by atoms with Crippen LogP contribution in [0.1, 0.15) is 0 Å². The molecule has 0 amide bonds. The Morgan fingerprint density at radius 1 is 0.235 bits per heavy atom. The second-order valence-electron chi connectivity index (χ2n) is 13.7. The molecule has 0 aliphatic heterocycles. The van der Waals surface area contributed by atoms with Gasteiger partial charge in [0.15, 0.2) is 0 Å². The Morgan fingerprint density at radius 3 is 1.59 bits per heavy atom. The predicted octanol–water partition coefficient (Wildman–Crippen LogP) is 14.4. The summed E-state index contributed by atoms with van der Waals surface area (Å²) in [4.78, 5) is 0. The molecule has 0 saturated carbocycles. The minimum atomic E-state index is 0.905. The molecule has 236 valence electrons. The Balaban J connectivity index is 1.05. The molecule has 0 atom stereocenters. The lowest BCUT2D eigenvalue weighted by molar-refractivity contribution is 0.669. The van der Waals surface area contributed by atoms with Crippen LogP contribution in [0.2, 0.25) is 0 Å². The fourth-order valence-corrected chi connectivity index (χ4v) is 8.30. The second-order valence-corrected chi connectivity index (χ2v) is 13.7. The van der Waals surface area contributed by atoms with Gasteiger partial charge in [-0.15, -0.1) is 0 Å². The average molecular weight is 647 g/mol. The first-order valence-electron chi connectivity index (χ1n) is 17.6. The summed E-state index contributed by atoms with van der Waals surface area (Å²) < 4.78 is 6.35. The normalized spacial score (nSPS) is 11.9. The summed E-state index contributed by atoms with van der Waals surface area (Å²) >= 11 is 0. The highest BCUT2D eigenvalue weighted by molar-refractivity contribution is 6.21. The summed E-state index contributed by atoms with van der Waals surface area (Å²) in [6.07, 6.45) is 0. The van der Waals surface area contributed by atoms with Gasteiger partial charge in [-0.3, -0.25) is 0 Å². The fourth-order valence-electron chi connectivity index (χ4n) is 8.30. The summed E-state index contributed by atoms with van der Waals surface area (Å²) in [5, 5.41) is 14.9. The van der Waals surface area contributed by atoms with Gasteiger partial charge in [-0.1, -0.05) is 140 Å². The van der Waals surface area contributed by atoms with Crippen LogP contribution in [0.15, 0.2) is 186 Å². The SMILES string of the molecule is c1ccc2c(-c3ccc4oc5ccc(-c6ccc7ccc(-c8cc9c%10ccccc%10ccc9c9ccccc89)cc7c6)cc5c4c3)cccc2c1. The quantitative estimate of drug-likeness (QED) is 0.174. The van der Waals surface area contributed by atoms with Crippen LogP contribution >= 0.6 is 0 Å². The molecule has 10 aromatic carbocycles. The molecule has 0 aliphatic rings. The van der Waals surface area contributed by atoms with Crippen LogP contribution in [-0.2, 0) is 0 Å². The van der Waals surface area contributed by atoms with E-state index in [1.807, 2.05) is 0 Å². The van der Waals surface area contributed by atoms with E-state index in [2.05, 4.69) is 182 Å². The van der Waals surface area contributed by atoms with Crippen molar-refractivity contribution in [3.05, 3.63) is 182 Å². The summed E-state index contributed by atoms with van der Waals surface area (Å²) in [5.41, 5.74) is 9.09. The lowest BCUT2D eigenvalue weighted by atomic mass is 9.90. The average Bonchev–Trinajstić information content (AvgIpc) is 3.57. The van der Waals surface area contributed by atoms with Crippen LogP contribution in [0.5, 0.6) is 0 Å². The monoisotopic (exact) mass is 646 g/mol. The molecule has 1 heteroatoms. The van der Waals surface area contributed by atoms with Crippen molar-refractivity contribution in [3.8, 4) is 33.4 Å². The maximum absolute atomic E-state index is 6.35. The third-order valence-corrected chi connectivity index (χ3v) is 10.8. The zero-order valence-electron chi connectivity index (χ0n) is 27.7. The highest BCUT2D eigenvalue weighted by Crippen LogP contribution is 2.40. The molecular weight excluding hydrogens is 617 g/mol. The standard InChI is InChI=1S/C50H30O/c1-3-11-39-32(8-1)10-7-15-41(39)37-22-25-50-48(29-37)47-28-35(21-24-49(47)51-50)34-18-16-31-17-19-36(27-38(31)26-34)45-30-46-40-12-4-2-9-33(40)20-23-44(46)42-13-5-6-14-43(42)45/h1-30H. The third kappa shape index (κ3) is 4.42. The van der Waals surface area contributed by atoms with Crippen LogP contribution in [0.25, 0.3) is 109 Å². The second kappa shape index (κ2) is 10.9. The van der Waals surface area contributed by atoms with Crippen molar-refractivity contribution in [1.82, 2.24) is 0 Å². The molecule has 1 heterocycles. The molecule has 11 rings (SSSR count). The molecule has 1 aromatic heterocycles. The first-order valence-corrected chi connectivity index (χ1v) is 17.6. The van der Waals surface area contributed by atoms with Gasteiger partial charge in [-0.25, -0.2) is 0 Å². The van der Waals surface area contributed by atoms with Gasteiger partial charge in [0.05, 0.1) is 0 Å². The number of rotatable bonds is 3. The molecule has 0 radical (unpaired) electrons. The summed E-state index contributed by atoms with van der Waals surface area (Å²) in [7, 11) is 0. The summed E-state index contributed by atoms with van der Waals surface area (Å²) in [5.74, 6) is 0. The molecule has 0 spiro atoms. The summed E-state index contributed by atoms with van der Waals surface area (Å²) in [6.45, 7) is 0. The van der Waals surface area contributed by atoms with Crippen LogP contribution < -0.4 is 0 Å². The number of hydrogen-bond acceptors (Lipinski definition) is 1. The van der Waals surface area contributed by atoms with Crippen molar-refractivity contribution < 1.29 is 4.42 Å². The summed E-state index contributed by atoms with van der Waals surface area (Å²) in [6, 6.07) is 66.5. The minimum absolute atomic E-state index is 0.905. The van der Waals surface area contributed by atoms with Crippen molar-refractivity contribution in [1.29, 1.82) is 0 Å². The van der Waals surface area contributed by atoms with Crippen LogP contribution in [0.4, 0.5) is 0 Å². The number of furan rings is 1. The van der Waals surface area contributed by atoms with E-state index in [4.69, 9.17) is 4.42 Å². The van der Waals surface area contributed by atoms with Gasteiger partial charge in [0.25, 0.3) is 0 Å². The van der Waals surface area contributed by atoms with E-state index in [-0.39, 0.29) is 0 Å². The van der Waals surface area contributed by atoms with Gasteiger partial charge in [0.2, 0.25) is 0 Å². The van der Waals surface area contributed by atoms with Gasteiger partial charge in [0.1, 0.15) is 11.2 Å². The van der Waals surface area contributed by atoms with E-state index < -0.39 is 0 Å². The molecule has 0 aliphatic carbocycles. The Labute approximate surface area is 294 Å².